The molecule has 15 nitrogen and oxygen atoms in total. The number of aliphatic hydroxyl groups excluding tert-OH is 6. The predicted octanol–water partition coefficient (Wildman–Crippen LogP) is 2.11. The predicted molar refractivity (Wildman–Crippen MR) is 196 cm³/mol. The first-order valence-corrected chi connectivity index (χ1v) is 18.0. The van der Waals surface area contributed by atoms with Crippen LogP contribution in [0.5, 0.6) is 23.0 Å². The van der Waals surface area contributed by atoms with Crippen LogP contribution in [0.4, 0.5) is 4.79 Å². The van der Waals surface area contributed by atoms with E-state index in [-0.39, 0.29) is 0 Å². The number of ether oxygens (including phenoxy) is 8. The molecule has 0 saturated carbocycles. The fraction of sp³-hybridized carbons (Fsp3) is 0.390. The third-order valence-corrected chi connectivity index (χ3v) is 9.61. The van der Waals surface area contributed by atoms with Crippen LogP contribution >= 0.6 is 0 Å². The summed E-state index contributed by atoms with van der Waals surface area (Å²) in [5.41, 5.74) is 3.41. The molecule has 0 bridgehead atoms. The highest BCUT2D eigenvalue weighted by Crippen LogP contribution is 2.31. The van der Waals surface area contributed by atoms with Crippen LogP contribution in [0.15, 0.2) is 97.1 Å². The molecule has 0 spiro atoms. The average molecular weight is 779 g/mol. The highest BCUT2D eigenvalue weighted by molar-refractivity contribution is 5.59. The van der Waals surface area contributed by atoms with E-state index < -0.39 is 80.8 Å². The Morgan fingerprint density at radius 2 is 0.893 bits per heavy atom. The zero-order chi connectivity index (χ0) is 39.8. The number of benzene rings is 4. The van der Waals surface area contributed by atoms with Gasteiger partial charge in [0.25, 0.3) is 0 Å². The van der Waals surface area contributed by atoms with Crippen molar-refractivity contribution in [1.82, 2.24) is 0 Å². The third-order valence-electron chi connectivity index (χ3n) is 9.61. The van der Waals surface area contributed by atoms with Crippen LogP contribution in [-0.2, 0) is 31.8 Å². The number of rotatable bonds is 14. The first-order valence-electron chi connectivity index (χ1n) is 18.0. The number of carbonyl (C=O) groups excluding carboxylic acids is 1. The molecule has 4 aromatic rings. The molecule has 4 aromatic carbocycles. The molecule has 2 aliphatic rings. The van der Waals surface area contributed by atoms with E-state index in [1.165, 1.54) is 0 Å². The molecular formula is C41H46O15. The van der Waals surface area contributed by atoms with Gasteiger partial charge >= 0.3 is 6.16 Å². The highest BCUT2D eigenvalue weighted by Gasteiger charge is 2.47. The number of carbonyl (C=O) groups is 1. The fourth-order valence-corrected chi connectivity index (χ4v) is 6.35. The Bertz CT molecular complexity index is 1720. The number of hydrogen-bond donors (Lipinski definition) is 6. The topological polar surface area (TPSA) is 212 Å². The third kappa shape index (κ3) is 9.87. The van der Waals surface area contributed by atoms with Gasteiger partial charge in [-0.25, -0.2) is 4.79 Å². The minimum atomic E-state index is -1.72. The summed E-state index contributed by atoms with van der Waals surface area (Å²) in [6.07, 6.45) is -16.0. The molecule has 15 heteroatoms. The largest absolute Gasteiger partial charge is 0.508 e. The van der Waals surface area contributed by atoms with Crippen molar-refractivity contribution in [2.45, 2.75) is 74.3 Å². The van der Waals surface area contributed by atoms with Crippen molar-refractivity contribution >= 4 is 6.16 Å². The highest BCUT2D eigenvalue weighted by atomic mass is 16.8. The lowest BCUT2D eigenvalue weighted by Crippen LogP contribution is -2.60. The summed E-state index contributed by atoms with van der Waals surface area (Å²) in [7, 11) is 3.16. The van der Waals surface area contributed by atoms with E-state index in [0.717, 1.165) is 22.3 Å². The first kappa shape index (κ1) is 40.7. The van der Waals surface area contributed by atoms with Crippen molar-refractivity contribution < 1.29 is 73.3 Å². The van der Waals surface area contributed by atoms with E-state index >= 15 is 0 Å². The van der Waals surface area contributed by atoms with Gasteiger partial charge < -0.3 is 68.5 Å². The molecule has 2 fully saturated rings. The Hall–Kier alpha value is -4.97. The molecule has 300 valence electrons. The smallest absolute Gasteiger partial charge is 0.497 e. The van der Waals surface area contributed by atoms with Crippen molar-refractivity contribution in [1.29, 1.82) is 0 Å². The SMILES string of the molecule is COc1ccc(Cc2ccccc2O[C@@H]2O[C@H](COC(=O)OC[C@H]3O[C@@H](Oc4ccccc4Cc4ccc(OC)cc4)[C@H](O)[C@@H](O)[C@H]3O)[C@H](O)[C@H](O)[C@H]2O)cc1. The molecule has 0 radical (unpaired) electrons. The Morgan fingerprint density at radius 1 is 0.518 bits per heavy atom. The van der Waals surface area contributed by atoms with Crippen LogP contribution in [0.25, 0.3) is 0 Å². The number of para-hydroxylation sites is 2. The maximum Gasteiger partial charge on any atom is 0.508 e. The average Bonchev–Trinajstić information content (AvgIpc) is 3.22. The molecule has 2 heterocycles. The molecule has 2 saturated heterocycles. The number of aliphatic hydroxyl groups is 6. The Kier molecular flexibility index (Phi) is 13.6. The van der Waals surface area contributed by atoms with Gasteiger partial charge in [0.05, 0.1) is 14.2 Å². The molecule has 2 aliphatic heterocycles. The second kappa shape index (κ2) is 18.8. The molecule has 0 amide bonds. The van der Waals surface area contributed by atoms with Gasteiger partial charge in [-0.15, -0.1) is 0 Å². The van der Waals surface area contributed by atoms with Crippen LogP contribution in [0, 0.1) is 0 Å². The second-order valence-corrected chi connectivity index (χ2v) is 13.4. The van der Waals surface area contributed by atoms with Crippen LogP contribution in [0.2, 0.25) is 0 Å². The summed E-state index contributed by atoms with van der Waals surface area (Å²) in [4.78, 5) is 12.7. The molecule has 0 aliphatic carbocycles. The zero-order valence-corrected chi connectivity index (χ0v) is 30.7. The van der Waals surface area contributed by atoms with Crippen molar-refractivity contribution in [2.75, 3.05) is 27.4 Å². The molecular weight excluding hydrogens is 732 g/mol. The van der Waals surface area contributed by atoms with Crippen LogP contribution in [0.1, 0.15) is 22.3 Å². The van der Waals surface area contributed by atoms with E-state index in [4.69, 9.17) is 37.9 Å². The lowest BCUT2D eigenvalue weighted by molar-refractivity contribution is -0.281. The van der Waals surface area contributed by atoms with Crippen LogP contribution in [0.3, 0.4) is 0 Å². The van der Waals surface area contributed by atoms with E-state index in [9.17, 15) is 35.4 Å². The van der Waals surface area contributed by atoms with E-state index in [1.54, 1.807) is 38.5 Å². The normalized spacial score (nSPS) is 27.5. The summed E-state index contributed by atoms with van der Waals surface area (Å²) >= 11 is 0. The van der Waals surface area contributed by atoms with Crippen LogP contribution in [-0.4, -0.2) is 126 Å². The Labute approximate surface area is 323 Å². The fourth-order valence-electron chi connectivity index (χ4n) is 6.35. The van der Waals surface area contributed by atoms with Gasteiger partial charge in [-0.2, -0.15) is 0 Å². The number of hydrogen-bond acceptors (Lipinski definition) is 15. The van der Waals surface area contributed by atoms with Gasteiger partial charge in [-0.3, -0.25) is 0 Å². The van der Waals surface area contributed by atoms with Crippen molar-refractivity contribution in [3.05, 3.63) is 119 Å². The first-order chi connectivity index (χ1) is 27.0. The Morgan fingerprint density at radius 3 is 1.27 bits per heavy atom. The molecule has 0 aromatic heterocycles. The minimum Gasteiger partial charge on any atom is -0.497 e. The van der Waals surface area contributed by atoms with E-state index in [2.05, 4.69) is 0 Å². The summed E-state index contributed by atoms with van der Waals surface area (Å²) in [5.74, 6) is 2.13. The zero-order valence-electron chi connectivity index (χ0n) is 30.7. The van der Waals surface area contributed by atoms with Crippen molar-refractivity contribution in [3.8, 4) is 23.0 Å². The van der Waals surface area contributed by atoms with Crippen molar-refractivity contribution in [3.63, 3.8) is 0 Å². The van der Waals surface area contributed by atoms with Gasteiger partial charge in [0.2, 0.25) is 12.6 Å². The van der Waals surface area contributed by atoms with E-state index in [1.807, 2.05) is 72.8 Å². The summed E-state index contributed by atoms with van der Waals surface area (Å²) < 4.78 is 44.2. The van der Waals surface area contributed by atoms with Gasteiger partial charge in [-0.05, 0) is 58.7 Å². The van der Waals surface area contributed by atoms with Gasteiger partial charge in [-0.1, -0.05) is 60.7 Å². The summed E-state index contributed by atoms with van der Waals surface area (Å²) in [6.45, 7) is -1.24. The van der Waals surface area contributed by atoms with Crippen molar-refractivity contribution in [2.24, 2.45) is 0 Å². The maximum atomic E-state index is 12.7. The molecule has 56 heavy (non-hydrogen) atoms. The quantitative estimate of drug-likeness (QED) is 0.101. The summed E-state index contributed by atoms with van der Waals surface area (Å²) in [5, 5.41) is 64.0. The minimum absolute atomic E-state index is 0.358. The molecule has 0 unspecified atom stereocenters. The lowest BCUT2D eigenvalue weighted by Gasteiger charge is -2.40. The molecule has 6 rings (SSSR count). The van der Waals surface area contributed by atoms with Gasteiger partial charge in [0.15, 0.2) is 0 Å². The monoisotopic (exact) mass is 778 g/mol. The van der Waals surface area contributed by atoms with Gasteiger partial charge in [0, 0.05) is 12.8 Å². The summed E-state index contributed by atoms with van der Waals surface area (Å²) in [6, 6.07) is 29.0. The standard InChI is InChI=1S/C41H46O15/c1-49-27-15-11-23(12-16-27)19-25-7-3-5-9-29(25)53-39-37(46)35(44)33(42)31(55-39)21-51-41(48)52-22-32-34(43)36(45)38(47)40(56-32)54-30-10-6-4-8-26(30)20-24-13-17-28(50-2)18-14-24/h3-18,31-40,42-47H,19-22H2,1-2H3/t31-,32-,33+,34+,35+,36+,37-,38-,39-,40-/m1/s1. The molecule has 10 atom stereocenters. The maximum absolute atomic E-state index is 12.7. The molecule has 6 N–H and O–H groups in total. The Balaban J connectivity index is 1.03. The number of methoxy groups -OCH3 is 2. The second-order valence-electron chi connectivity index (χ2n) is 13.4. The van der Waals surface area contributed by atoms with E-state index in [0.29, 0.717) is 35.8 Å². The van der Waals surface area contributed by atoms with Crippen LogP contribution < -0.4 is 18.9 Å². The lowest BCUT2D eigenvalue weighted by atomic mass is 9.99. The van der Waals surface area contributed by atoms with Gasteiger partial charge in [0.1, 0.15) is 85.0 Å².